The Kier molecular flexibility index (Phi) is 2.87. The van der Waals surface area contributed by atoms with E-state index in [4.69, 9.17) is 5.73 Å². The first-order valence-corrected chi connectivity index (χ1v) is 5.62. The normalized spacial score (nSPS) is 10.1. The highest BCUT2D eigenvalue weighted by molar-refractivity contribution is 7.12. The van der Waals surface area contributed by atoms with Crippen LogP contribution in [0.2, 0.25) is 0 Å². The van der Waals surface area contributed by atoms with E-state index in [1.165, 1.54) is 17.5 Å². The molecule has 0 radical (unpaired) electrons. The molecular weight excluding hydrogens is 222 g/mol. The van der Waals surface area contributed by atoms with Crippen LogP contribution in [0.3, 0.4) is 0 Å². The van der Waals surface area contributed by atoms with Crippen molar-refractivity contribution in [3.05, 3.63) is 40.2 Å². The lowest BCUT2D eigenvalue weighted by Crippen LogP contribution is -2.12. The van der Waals surface area contributed by atoms with Gasteiger partial charge in [0.2, 0.25) is 0 Å². The monoisotopic (exact) mass is 233 g/mol. The van der Waals surface area contributed by atoms with E-state index in [2.05, 4.69) is 10.3 Å². The number of rotatable bonds is 2. The Morgan fingerprint density at radius 1 is 1.44 bits per heavy atom. The van der Waals surface area contributed by atoms with Gasteiger partial charge in [-0.25, -0.2) is 4.98 Å². The topological polar surface area (TPSA) is 68.0 Å². The molecule has 0 saturated carbocycles. The van der Waals surface area contributed by atoms with Gasteiger partial charge in [-0.15, -0.1) is 11.3 Å². The molecule has 0 saturated heterocycles. The molecule has 16 heavy (non-hydrogen) atoms. The van der Waals surface area contributed by atoms with Gasteiger partial charge in [-0.2, -0.15) is 0 Å². The van der Waals surface area contributed by atoms with Crippen LogP contribution >= 0.6 is 11.3 Å². The van der Waals surface area contributed by atoms with E-state index in [1.54, 1.807) is 12.1 Å². The third-order valence-corrected chi connectivity index (χ3v) is 3.11. The lowest BCUT2D eigenvalue weighted by molar-refractivity contribution is 0.102. The average Bonchev–Trinajstić information content (AvgIpc) is 2.68. The van der Waals surface area contributed by atoms with Crippen molar-refractivity contribution in [1.29, 1.82) is 0 Å². The molecule has 2 heterocycles. The predicted octanol–water partition coefficient (Wildman–Crippen LogP) is 2.29. The molecule has 0 atom stereocenters. The highest BCUT2D eigenvalue weighted by atomic mass is 32.1. The molecule has 0 aliphatic heterocycles. The number of nitrogen functional groups attached to an aromatic ring is 1. The number of aryl methyl sites for hydroxylation is 1. The van der Waals surface area contributed by atoms with Crippen LogP contribution in [0.15, 0.2) is 29.8 Å². The molecule has 0 fully saturated rings. The van der Waals surface area contributed by atoms with Crippen LogP contribution in [0.5, 0.6) is 0 Å². The molecule has 0 aliphatic rings. The van der Waals surface area contributed by atoms with Crippen molar-refractivity contribution in [2.75, 3.05) is 11.1 Å². The number of hydrogen-bond donors (Lipinski definition) is 2. The van der Waals surface area contributed by atoms with E-state index >= 15 is 0 Å². The van der Waals surface area contributed by atoms with Crippen LogP contribution in [0.25, 0.3) is 0 Å². The second kappa shape index (κ2) is 4.32. The number of nitrogens with zero attached hydrogens (tertiary/aromatic N) is 1. The molecule has 2 aromatic rings. The second-order valence-electron chi connectivity index (χ2n) is 3.36. The molecule has 3 N–H and O–H groups in total. The molecule has 0 bridgehead atoms. The molecule has 82 valence electrons. The molecule has 0 aliphatic carbocycles. The largest absolute Gasteiger partial charge is 0.397 e. The van der Waals surface area contributed by atoms with E-state index in [0.717, 1.165) is 5.56 Å². The zero-order valence-electron chi connectivity index (χ0n) is 8.73. The Hall–Kier alpha value is -1.88. The summed E-state index contributed by atoms with van der Waals surface area (Å²) in [4.78, 5) is 16.5. The fourth-order valence-electron chi connectivity index (χ4n) is 1.26. The number of amides is 1. The van der Waals surface area contributed by atoms with Crippen LogP contribution in [0.4, 0.5) is 11.5 Å². The van der Waals surface area contributed by atoms with Gasteiger partial charge in [0, 0.05) is 0 Å². The van der Waals surface area contributed by atoms with Gasteiger partial charge in [-0.1, -0.05) is 0 Å². The maximum absolute atomic E-state index is 11.8. The number of aromatic nitrogens is 1. The van der Waals surface area contributed by atoms with Gasteiger partial charge in [0.25, 0.3) is 5.91 Å². The van der Waals surface area contributed by atoms with E-state index in [9.17, 15) is 4.79 Å². The van der Waals surface area contributed by atoms with Crippen LogP contribution in [0.1, 0.15) is 15.2 Å². The Bertz CT molecular complexity index is 504. The van der Waals surface area contributed by atoms with Gasteiger partial charge in [0.05, 0.1) is 16.8 Å². The number of anilines is 2. The summed E-state index contributed by atoms with van der Waals surface area (Å²) in [6, 6.07) is 5.29. The van der Waals surface area contributed by atoms with Crippen molar-refractivity contribution in [3.8, 4) is 0 Å². The number of carbonyl (C=O) groups excluding carboxylic acids is 1. The molecule has 2 rings (SSSR count). The van der Waals surface area contributed by atoms with Crippen molar-refractivity contribution in [2.45, 2.75) is 6.92 Å². The average molecular weight is 233 g/mol. The Morgan fingerprint density at radius 2 is 2.25 bits per heavy atom. The summed E-state index contributed by atoms with van der Waals surface area (Å²) in [5.74, 6) is 0.372. The van der Waals surface area contributed by atoms with E-state index < -0.39 is 0 Å². The maximum atomic E-state index is 11.8. The third-order valence-electron chi connectivity index (χ3n) is 2.10. The maximum Gasteiger partial charge on any atom is 0.267 e. The number of carbonyl (C=O) groups is 1. The van der Waals surface area contributed by atoms with Crippen LogP contribution in [-0.2, 0) is 0 Å². The molecule has 0 spiro atoms. The third kappa shape index (κ3) is 2.20. The molecule has 2 aromatic heterocycles. The van der Waals surface area contributed by atoms with Crippen LogP contribution < -0.4 is 11.1 Å². The summed E-state index contributed by atoms with van der Waals surface area (Å²) in [6.45, 7) is 1.90. The Balaban J connectivity index is 2.14. The first kappa shape index (κ1) is 10.6. The molecule has 1 amide bonds. The van der Waals surface area contributed by atoms with Gasteiger partial charge in [-0.05, 0) is 36.1 Å². The van der Waals surface area contributed by atoms with Gasteiger partial charge in [0.1, 0.15) is 5.82 Å². The van der Waals surface area contributed by atoms with Crippen LogP contribution in [0, 0.1) is 6.92 Å². The Morgan fingerprint density at radius 3 is 2.81 bits per heavy atom. The van der Waals surface area contributed by atoms with Gasteiger partial charge in [-0.3, -0.25) is 4.79 Å². The van der Waals surface area contributed by atoms with Crippen molar-refractivity contribution in [2.24, 2.45) is 0 Å². The number of thiophene rings is 1. The molecule has 5 heteroatoms. The van der Waals surface area contributed by atoms with E-state index in [1.807, 2.05) is 18.4 Å². The smallest absolute Gasteiger partial charge is 0.267 e. The summed E-state index contributed by atoms with van der Waals surface area (Å²) in [7, 11) is 0. The lowest BCUT2D eigenvalue weighted by Gasteiger charge is -2.03. The standard InChI is InChI=1S/C11H11N3OS/c1-7-4-5-16-10(7)11(15)14-9-3-2-8(12)6-13-9/h2-6H,12H2,1H3,(H,13,14,15). The van der Waals surface area contributed by atoms with E-state index in [-0.39, 0.29) is 5.91 Å². The molecule has 0 unspecified atom stereocenters. The first-order chi connectivity index (χ1) is 7.66. The molecule has 4 nitrogen and oxygen atoms in total. The minimum absolute atomic E-state index is 0.134. The summed E-state index contributed by atoms with van der Waals surface area (Å²) < 4.78 is 0. The van der Waals surface area contributed by atoms with Crippen molar-refractivity contribution in [1.82, 2.24) is 4.98 Å². The van der Waals surface area contributed by atoms with Crippen molar-refractivity contribution >= 4 is 28.7 Å². The highest BCUT2D eigenvalue weighted by Gasteiger charge is 2.10. The van der Waals surface area contributed by atoms with Crippen molar-refractivity contribution in [3.63, 3.8) is 0 Å². The van der Waals surface area contributed by atoms with Gasteiger partial charge in [0.15, 0.2) is 0 Å². The summed E-state index contributed by atoms with van der Waals surface area (Å²) in [5.41, 5.74) is 7.05. The molecule has 0 aromatic carbocycles. The number of nitrogens with two attached hydrogens (primary N) is 1. The lowest BCUT2D eigenvalue weighted by atomic mass is 10.3. The van der Waals surface area contributed by atoms with Crippen LogP contribution in [-0.4, -0.2) is 10.9 Å². The highest BCUT2D eigenvalue weighted by Crippen LogP contribution is 2.17. The fraction of sp³-hybridized carbons (Fsp3) is 0.0909. The minimum Gasteiger partial charge on any atom is -0.397 e. The fourth-order valence-corrected chi connectivity index (χ4v) is 2.08. The zero-order valence-corrected chi connectivity index (χ0v) is 9.54. The summed E-state index contributed by atoms with van der Waals surface area (Å²) >= 11 is 1.42. The predicted molar refractivity (Wildman–Crippen MR) is 65.7 cm³/mol. The summed E-state index contributed by atoms with van der Waals surface area (Å²) in [6.07, 6.45) is 1.51. The van der Waals surface area contributed by atoms with Crippen molar-refractivity contribution < 1.29 is 4.79 Å². The molecular formula is C11H11N3OS. The number of nitrogens with one attached hydrogen (secondary N) is 1. The van der Waals surface area contributed by atoms with Gasteiger partial charge < -0.3 is 11.1 Å². The van der Waals surface area contributed by atoms with E-state index in [0.29, 0.717) is 16.4 Å². The Labute approximate surface area is 97.1 Å². The van der Waals surface area contributed by atoms with Gasteiger partial charge >= 0.3 is 0 Å². The second-order valence-corrected chi connectivity index (χ2v) is 4.28. The SMILES string of the molecule is Cc1ccsc1C(=O)Nc1ccc(N)cn1. The summed E-state index contributed by atoms with van der Waals surface area (Å²) in [5, 5.41) is 4.61. The number of pyridine rings is 1. The minimum atomic E-state index is -0.134. The number of hydrogen-bond acceptors (Lipinski definition) is 4. The first-order valence-electron chi connectivity index (χ1n) is 4.74. The zero-order chi connectivity index (χ0) is 11.5. The quantitative estimate of drug-likeness (QED) is 0.836.